The van der Waals surface area contributed by atoms with Gasteiger partial charge < -0.3 is 10.1 Å². The van der Waals surface area contributed by atoms with E-state index in [1.807, 2.05) is 0 Å². The van der Waals surface area contributed by atoms with Crippen molar-refractivity contribution in [3.8, 4) is 5.75 Å². The van der Waals surface area contributed by atoms with Crippen LogP contribution in [0, 0.1) is 0 Å². The zero-order valence-corrected chi connectivity index (χ0v) is 17.7. The van der Waals surface area contributed by atoms with Crippen LogP contribution in [0.3, 0.4) is 0 Å². The summed E-state index contributed by atoms with van der Waals surface area (Å²) in [7, 11) is -2.46. The lowest BCUT2D eigenvalue weighted by Crippen LogP contribution is -2.23. The topological polar surface area (TPSA) is 72.5 Å². The van der Waals surface area contributed by atoms with Crippen molar-refractivity contribution in [3.05, 3.63) is 69.9 Å². The molecule has 10 heteroatoms. The number of rotatable bonds is 4. The Labute approximate surface area is 180 Å². The van der Waals surface area contributed by atoms with Crippen LogP contribution in [0.4, 0.5) is 18.9 Å². The second-order valence-corrected chi connectivity index (χ2v) is 9.77. The van der Waals surface area contributed by atoms with Gasteiger partial charge in [0.1, 0.15) is 10.6 Å². The Morgan fingerprint density at radius 2 is 1.71 bits per heavy atom. The van der Waals surface area contributed by atoms with Crippen LogP contribution in [-0.2, 0) is 20.8 Å². The third kappa shape index (κ3) is 3.92. The molecule has 31 heavy (non-hydrogen) atoms. The number of halogens is 3. The van der Waals surface area contributed by atoms with Gasteiger partial charge in [0.25, 0.3) is 0 Å². The van der Waals surface area contributed by atoms with Crippen molar-refractivity contribution in [2.45, 2.75) is 28.3 Å². The highest BCUT2D eigenvalue weighted by Gasteiger charge is 2.35. The van der Waals surface area contributed by atoms with Gasteiger partial charge in [-0.05, 0) is 42.0 Å². The minimum absolute atomic E-state index is 0.0148. The molecule has 1 unspecified atom stereocenters. The highest BCUT2D eigenvalue weighted by Crippen LogP contribution is 2.46. The number of ether oxygens (including phenoxy) is 1. The average molecular weight is 467 g/mol. The van der Waals surface area contributed by atoms with Crippen molar-refractivity contribution in [2.75, 3.05) is 12.4 Å². The first-order valence-corrected chi connectivity index (χ1v) is 11.4. The van der Waals surface area contributed by atoms with E-state index in [-0.39, 0.29) is 21.9 Å². The fourth-order valence-electron chi connectivity index (χ4n) is 3.46. The van der Waals surface area contributed by atoms with E-state index in [2.05, 4.69) is 5.32 Å². The van der Waals surface area contributed by atoms with Gasteiger partial charge >= 0.3 is 6.18 Å². The molecule has 0 fully saturated rings. The Kier molecular flexibility index (Phi) is 5.30. The van der Waals surface area contributed by atoms with Crippen LogP contribution < -0.4 is 10.1 Å². The molecule has 2 aromatic carbocycles. The van der Waals surface area contributed by atoms with E-state index in [4.69, 9.17) is 4.74 Å². The fraction of sp³-hybridized carbons (Fsp3) is 0.190. The second-order valence-electron chi connectivity index (χ2n) is 6.94. The molecule has 0 bridgehead atoms. The van der Waals surface area contributed by atoms with Gasteiger partial charge in [-0.3, -0.25) is 4.79 Å². The van der Waals surface area contributed by atoms with E-state index in [1.165, 1.54) is 48.9 Å². The molecule has 0 saturated carbocycles. The summed E-state index contributed by atoms with van der Waals surface area (Å²) in [5.41, 5.74) is -0.0907. The summed E-state index contributed by atoms with van der Waals surface area (Å²) < 4.78 is 70.0. The molecule has 162 valence electrons. The van der Waals surface area contributed by atoms with E-state index in [1.54, 1.807) is 0 Å². The molecule has 0 spiro atoms. The van der Waals surface area contributed by atoms with Crippen molar-refractivity contribution >= 4 is 32.8 Å². The number of carbonyl (C=O) groups excluding carboxylic acids is 1. The molecule has 1 amide bonds. The summed E-state index contributed by atoms with van der Waals surface area (Å²) in [4.78, 5) is 12.9. The van der Waals surface area contributed by atoms with Crippen LogP contribution in [0.15, 0.2) is 63.7 Å². The zero-order valence-electron chi connectivity index (χ0n) is 16.1. The van der Waals surface area contributed by atoms with Crippen LogP contribution >= 0.6 is 11.3 Å². The number of hydrogen-bond acceptors (Lipinski definition) is 5. The van der Waals surface area contributed by atoms with E-state index in [0.29, 0.717) is 16.2 Å². The van der Waals surface area contributed by atoms with E-state index < -0.39 is 33.4 Å². The van der Waals surface area contributed by atoms with Crippen molar-refractivity contribution in [3.63, 3.8) is 0 Å². The highest BCUT2D eigenvalue weighted by atomic mass is 32.2. The van der Waals surface area contributed by atoms with E-state index in [0.717, 1.165) is 23.5 Å². The maximum Gasteiger partial charge on any atom is 0.416 e. The van der Waals surface area contributed by atoms with Gasteiger partial charge in [-0.15, -0.1) is 11.3 Å². The first kappa shape index (κ1) is 21.4. The summed E-state index contributed by atoms with van der Waals surface area (Å²) in [5.74, 6) is -0.431. The second kappa shape index (κ2) is 7.69. The van der Waals surface area contributed by atoms with Crippen LogP contribution in [0.2, 0.25) is 0 Å². The normalized spacial score (nSPS) is 16.5. The van der Waals surface area contributed by atoms with Crippen LogP contribution in [-0.4, -0.2) is 21.4 Å². The van der Waals surface area contributed by atoms with Crippen LogP contribution in [0.5, 0.6) is 5.75 Å². The molecule has 0 saturated heterocycles. The Hall–Kier alpha value is -2.85. The maximum absolute atomic E-state index is 13.2. The number of benzene rings is 2. The minimum Gasteiger partial charge on any atom is -0.497 e. The molecule has 0 aliphatic carbocycles. The fourth-order valence-corrected chi connectivity index (χ4v) is 6.37. The van der Waals surface area contributed by atoms with Crippen LogP contribution in [0.1, 0.15) is 28.3 Å². The standard InChI is InChI=1S/C21H16F3NO4S2/c1-29-14-6-8-15(9-7-14)31(27,28)17-11-30-20-16(10-18(26)25-19(17)20)12-2-4-13(5-3-12)21(22,23)24/h2-9,11,16H,10H2,1H3,(H,25,26). The first-order valence-electron chi connectivity index (χ1n) is 9.09. The lowest BCUT2D eigenvalue weighted by molar-refractivity contribution is -0.137. The first-order chi connectivity index (χ1) is 14.6. The Balaban J connectivity index is 1.74. The number of anilines is 1. The number of sulfone groups is 1. The molecule has 1 aliphatic rings. The number of hydrogen-bond donors (Lipinski definition) is 1. The molecular formula is C21H16F3NO4S2. The Bertz CT molecular complexity index is 1230. The van der Waals surface area contributed by atoms with Gasteiger partial charge in [0.2, 0.25) is 15.7 Å². The van der Waals surface area contributed by atoms with Gasteiger partial charge in [-0.1, -0.05) is 12.1 Å². The van der Waals surface area contributed by atoms with Gasteiger partial charge in [-0.25, -0.2) is 8.42 Å². The average Bonchev–Trinajstić information content (AvgIpc) is 3.17. The largest absolute Gasteiger partial charge is 0.497 e. The summed E-state index contributed by atoms with van der Waals surface area (Å²) in [5, 5.41) is 4.08. The SMILES string of the molecule is COc1ccc(S(=O)(=O)c2csc3c2NC(=O)CC3c2ccc(C(F)(F)F)cc2)cc1. The van der Waals surface area contributed by atoms with Crippen molar-refractivity contribution in [1.82, 2.24) is 0 Å². The minimum atomic E-state index is -4.46. The third-order valence-corrected chi connectivity index (χ3v) is 8.09. The lowest BCUT2D eigenvalue weighted by Gasteiger charge is -2.24. The molecule has 3 aromatic rings. The monoisotopic (exact) mass is 467 g/mol. The predicted octanol–water partition coefficient (Wildman–Crippen LogP) is 5.08. The van der Waals surface area contributed by atoms with Crippen LogP contribution in [0.25, 0.3) is 0 Å². The van der Waals surface area contributed by atoms with Gasteiger partial charge in [-0.2, -0.15) is 13.2 Å². The molecular weight excluding hydrogens is 451 g/mol. The number of nitrogens with one attached hydrogen (secondary N) is 1. The molecule has 1 aromatic heterocycles. The van der Waals surface area contributed by atoms with E-state index in [9.17, 15) is 26.4 Å². The molecule has 4 rings (SSSR count). The molecule has 1 aliphatic heterocycles. The molecule has 0 radical (unpaired) electrons. The molecule has 1 atom stereocenters. The zero-order chi connectivity index (χ0) is 22.4. The van der Waals surface area contributed by atoms with E-state index >= 15 is 0 Å². The number of carbonyl (C=O) groups is 1. The number of methoxy groups -OCH3 is 1. The molecule has 1 N–H and O–H groups in total. The summed E-state index contributed by atoms with van der Waals surface area (Å²) in [6.45, 7) is 0. The predicted molar refractivity (Wildman–Crippen MR) is 109 cm³/mol. The van der Waals surface area contributed by atoms with Gasteiger partial charge in [0.15, 0.2) is 0 Å². The number of fused-ring (bicyclic) bond motifs is 1. The van der Waals surface area contributed by atoms with Crippen molar-refractivity contribution in [2.24, 2.45) is 0 Å². The quantitative estimate of drug-likeness (QED) is 0.581. The molecule has 2 heterocycles. The number of thiophene rings is 1. The van der Waals surface area contributed by atoms with Gasteiger partial charge in [0.05, 0.1) is 23.3 Å². The number of amides is 1. The summed E-state index contributed by atoms with van der Waals surface area (Å²) in [6.07, 6.45) is -4.45. The lowest BCUT2D eigenvalue weighted by atomic mass is 9.90. The Morgan fingerprint density at radius 3 is 2.29 bits per heavy atom. The van der Waals surface area contributed by atoms with Gasteiger partial charge in [0, 0.05) is 22.6 Å². The Morgan fingerprint density at radius 1 is 1.06 bits per heavy atom. The maximum atomic E-state index is 13.2. The molecule has 5 nitrogen and oxygen atoms in total. The summed E-state index contributed by atoms with van der Waals surface area (Å²) in [6, 6.07) is 10.5. The van der Waals surface area contributed by atoms with Crippen molar-refractivity contribution < 1.29 is 31.1 Å². The van der Waals surface area contributed by atoms with Crippen molar-refractivity contribution in [1.29, 1.82) is 0 Å². The number of alkyl halides is 3. The summed E-state index contributed by atoms with van der Waals surface area (Å²) >= 11 is 1.16. The smallest absolute Gasteiger partial charge is 0.416 e. The third-order valence-electron chi connectivity index (χ3n) is 5.06. The highest BCUT2D eigenvalue weighted by molar-refractivity contribution is 7.91.